The monoisotopic (exact) mass is 370 g/mol. The van der Waals surface area contributed by atoms with E-state index in [0.717, 1.165) is 30.9 Å². The average molecular weight is 370 g/mol. The Kier molecular flexibility index (Phi) is 6.47. The lowest BCUT2D eigenvalue weighted by atomic mass is 10.1. The van der Waals surface area contributed by atoms with E-state index in [4.69, 9.17) is 0 Å². The zero-order valence-electron chi connectivity index (χ0n) is 14.9. The largest absolute Gasteiger partial charge is 0.322 e. The van der Waals surface area contributed by atoms with Crippen LogP contribution in [0.5, 0.6) is 0 Å². The molecule has 0 aliphatic carbocycles. The van der Waals surface area contributed by atoms with Crippen LogP contribution in [0.1, 0.15) is 16.7 Å². The number of amides is 1. The van der Waals surface area contributed by atoms with E-state index < -0.39 is 0 Å². The molecule has 0 spiro atoms. The Morgan fingerprint density at radius 3 is 2.77 bits per heavy atom. The molecule has 26 heavy (non-hydrogen) atoms. The van der Waals surface area contributed by atoms with Crippen molar-refractivity contribution in [3.63, 3.8) is 0 Å². The first kappa shape index (κ1) is 18.7. The molecular formula is C21H23FN2OS. The SMILES string of the molecule is Cc1c(CN2CCSCC2)cccc1NC(=O)/C=C/c1cccc(F)c1. The van der Waals surface area contributed by atoms with E-state index in [-0.39, 0.29) is 11.7 Å². The average Bonchev–Trinajstić information content (AvgIpc) is 2.64. The molecular weight excluding hydrogens is 347 g/mol. The highest BCUT2D eigenvalue weighted by atomic mass is 32.2. The van der Waals surface area contributed by atoms with Gasteiger partial charge < -0.3 is 5.32 Å². The highest BCUT2D eigenvalue weighted by molar-refractivity contribution is 7.99. The van der Waals surface area contributed by atoms with Gasteiger partial charge in [-0.1, -0.05) is 24.3 Å². The summed E-state index contributed by atoms with van der Waals surface area (Å²) in [6, 6.07) is 12.2. The molecule has 0 aromatic heterocycles. The number of hydrogen-bond donors (Lipinski definition) is 1. The minimum absolute atomic E-state index is 0.219. The molecule has 1 amide bonds. The third-order valence-electron chi connectivity index (χ3n) is 4.48. The number of carbonyl (C=O) groups is 1. The lowest BCUT2D eigenvalue weighted by molar-refractivity contribution is -0.111. The van der Waals surface area contributed by atoms with Crippen LogP contribution in [0, 0.1) is 12.7 Å². The molecule has 0 unspecified atom stereocenters. The third-order valence-corrected chi connectivity index (χ3v) is 5.42. The Morgan fingerprint density at radius 2 is 2.00 bits per heavy atom. The number of rotatable bonds is 5. The van der Waals surface area contributed by atoms with Crippen LogP contribution < -0.4 is 5.32 Å². The van der Waals surface area contributed by atoms with Crippen molar-refractivity contribution in [1.82, 2.24) is 4.90 Å². The number of benzene rings is 2. The fourth-order valence-electron chi connectivity index (χ4n) is 2.95. The highest BCUT2D eigenvalue weighted by Crippen LogP contribution is 2.22. The van der Waals surface area contributed by atoms with Crippen molar-refractivity contribution in [2.45, 2.75) is 13.5 Å². The van der Waals surface area contributed by atoms with Gasteiger partial charge in [-0.3, -0.25) is 9.69 Å². The molecule has 1 N–H and O–H groups in total. The van der Waals surface area contributed by atoms with E-state index in [1.165, 1.54) is 35.3 Å². The molecule has 1 fully saturated rings. The molecule has 3 nitrogen and oxygen atoms in total. The van der Waals surface area contributed by atoms with Crippen LogP contribution in [0.2, 0.25) is 0 Å². The van der Waals surface area contributed by atoms with Crippen LogP contribution >= 0.6 is 11.8 Å². The van der Waals surface area contributed by atoms with Gasteiger partial charge in [-0.2, -0.15) is 11.8 Å². The number of nitrogens with zero attached hydrogens (tertiary/aromatic N) is 1. The Bertz CT molecular complexity index is 800. The first-order valence-electron chi connectivity index (χ1n) is 8.75. The number of halogens is 1. The molecule has 136 valence electrons. The summed E-state index contributed by atoms with van der Waals surface area (Å²) >= 11 is 2.00. The fraction of sp³-hybridized carbons (Fsp3) is 0.286. The quantitative estimate of drug-likeness (QED) is 0.795. The Hall–Kier alpha value is -2.11. The van der Waals surface area contributed by atoms with Gasteiger partial charge >= 0.3 is 0 Å². The van der Waals surface area contributed by atoms with Gasteiger partial charge in [0.25, 0.3) is 0 Å². The van der Waals surface area contributed by atoms with Crippen LogP contribution in [0.3, 0.4) is 0 Å². The van der Waals surface area contributed by atoms with Crippen molar-refractivity contribution in [2.75, 3.05) is 29.9 Å². The number of hydrogen-bond acceptors (Lipinski definition) is 3. The van der Waals surface area contributed by atoms with Gasteiger partial charge in [0, 0.05) is 42.9 Å². The molecule has 0 atom stereocenters. The Labute approximate surface area is 158 Å². The summed E-state index contributed by atoms with van der Waals surface area (Å²) in [6.07, 6.45) is 3.05. The molecule has 1 aliphatic rings. The number of carbonyl (C=O) groups excluding carboxylic acids is 1. The molecule has 0 saturated carbocycles. The Balaban J connectivity index is 1.65. The number of thioether (sulfide) groups is 1. The minimum atomic E-state index is -0.313. The summed E-state index contributed by atoms with van der Waals surface area (Å²) in [5.74, 6) is 1.83. The van der Waals surface area contributed by atoms with Gasteiger partial charge in [0.2, 0.25) is 5.91 Å². The van der Waals surface area contributed by atoms with E-state index in [1.807, 2.05) is 30.8 Å². The van der Waals surface area contributed by atoms with Crippen molar-refractivity contribution in [1.29, 1.82) is 0 Å². The molecule has 1 saturated heterocycles. The summed E-state index contributed by atoms with van der Waals surface area (Å²) in [5.41, 5.74) is 3.82. The van der Waals surface area contributed by atoms with E-state index in [1.54, 1.807) is 18.2 Å². The second kappa shape index (κ2) is 9.01. The first-order chi connectivity index (χ1) is 12.6. The van der Waals surface area contributed by atoms with E-state index >= 15 is 0 Å². The van der Waals surface area contributed by atoms with Crippen LogP contribution in [0.15, 0.2) is 48.5 Å². The van der Waals surface area contributed by atoms with Gasteiger partial charge in [0.15, 0.2) is 0 Å². The predicted octanol–water partition coefficient (Wildman–Crippen LogP) is 4.33. The second-order valence-electron chi connectivity index (χ2n) is 6.36. The van der Waals surface area contributed by atoms with Gasteiger partial charge in [0.1, 0.15) is 5.82 Å². The molecule has 2 aromatic rings. The summed E-state index contributed by atoms with van der Waals surface area (Å²) in [4.78, 5) is 14.7. The van der Waals surface area contributed by atoms with Crippen molar-refractivity contribution < 1.29 is 9.18 Å². The highest BCUT2D eigenvalue weighted by Gasteiger charge is 2.13. The molecule has 2 aromatic carbocycles. The van der Waals surface area contributed by atoms with E-state index in [0.29, 0.717) is 5.56 Å². The molecule has 1 aliphatic heterocycles. The minimum Gasteiger partial charge on any atom is -0.322 e. The second-order valence-corrected chi connectivity index (χ2v) is 7.58. The zero-order chi connectivity index (χ0) is 18.4. The van der Waals surface area contributed by atoms with Crippen molar-refractivity contribution in [3.05, 3.63) is 71.0 Å². The lowest BCUT2D eigenvalue weighted by Gasteiger charge is -2.27. The smallest absolute Gasteiger partial charge is 0.248 e. The van der Waals surface area contributed by atoms with Gasteiger partial charge in [-0.05, 0) is 47.9 Å². The topological polar surface area (TPSA) is 32.3 Å². The lowest BCUT2D eigenvalue weighted by Crippen LogP contribution is -2.32. The maximum Gasteiger partial charge on any atom is 0.248 e. The number of anilines is 1. The molecule has 0 bridgehead atoms. The third kappa shape index (κ3) is 5.19. The molecule has 3 rings (SSSR count). The summed E-state index contributed by atoms with van der Waals surface area (Å²) in [7, 11) is 0. The van der Waals surface area contributed by atoms with Crippen LogP contribution in [0.25, 0.3) is 6.08 Å². The van der Waals surface area contributed by atoms with E-state index in [9.17, 15) is 9.18 Å². The Morgan fingerprint density at radius 1 is 1.23 bits per heavy atom. The van der Waals surface area contributed by atoms with Crippen LogP contribution in [-0.4, -0.2) is 35.4 Å². The maximum absolute atomic E-state index is 13.2. The van der Waals surface area contributed by atoms with Crippen LogP contribution in [-0.2, 0) is 11.3 Å². The van der Waals surface area contributed by atoms with Crippen molar-refractivity contribution in [2.24, 2.45) is 0 Å². The fourth-order valence-corrected chi connectivity index (χ4v) is 3.93. The normalized spacial score (nSPS) is 15.3. The molecule has 1 heterocycles. The summed E-state index contributed by atoms with van der Waals surface area (Å²) in [5, 5.41) is 2.93. The summed E-state index contributed by atoms with van der Waals surface area (Å²) in [6.45, 7) is 5.17. The maximum atomic E-state index is 13.2. The standard InChI is InChI=1S/C21H23FN2OS/c1-16-18(15-24-10-12-26-13-11-24)5-3-7-20(16)23-21(25)9-8-17-4-2-6-19(22)14-17/h2-9,14H,10-13,15H2,1H3,(H,23,25)/b9-8+. The van der Waals surface area contributed by atoms with Gasteiger partial charge in [-0.25, -0.2) is 4.39 Å². The summed E-state index contributed by atoms with van der Waals surface area (Å²) < 4.78 is 13.2. The van der Waals surface area contributed by atoms with E-state index in [2.05, 4.69) is 16.3 Å². The first-order valence-corrected chi connectivity index (χ1v) is 9.90. The molecule has 5 heteroatoms. The van der Waals surface area contributed by atoms with Crippen molar-refractivity contribution >= 4 is 29.4 Å². The zero-order valence-corrected chi connectivity index (χ0v) is 15.7. The molecule has 0 radical (unpaired) electrons. The van der Waals surface area contributed by atoms with Crippen LogP contribution in [0.4, 0.5) is 10.1 Å². The van der Waals surface area contributed by atoms with Gasteiger partial charge in [0.05, 0.1) is 0 Å². The number of nitrogens with one attached hydrogen (secondary N) is 1. The predicted molar refractivity (Wildman–Crippen MR) is 108 cm³/mol. The van der Waals surface area contributed by atoms with Crippen molar-refractivity contribution in [3.8, 4) is 0 Å². The van der Waals surface area contributed by atoms with Gasteiger partial charge in [-0.15, -0.1) is 0 Å².